The third-order valence-electron chi connectivity index (χ3n) is 6.36. The summed E-state index contributed by atoms with van der Waals surface area (Å²) in [4.78, 5) is 10.0. The van der Waals surface area contributed by atoms with Gasteiger partial charge in [0.2, 0.25) is 5.95 Å². The van der Waals surface area contributed by atoms with Gasteiger partial charge in [0, 0.05) is 17.4 Å². The Morgan fingerprint density at radius 2 is 1.40 bits per heavy atom. The van der Waals surface area contributed by atoms with Crippen molar-refractivity contribution in [2.45, 2.75) is 12.5 Å². The Balaban J connectivity index is 1.51. The molecule has 4 aromatic carbocycles. The summed E-state index contributed by atoms with van der Waals surface area (Å²) in [5.41, 5.74) is 6.11. The van der Waals surface area contributed by atoms with Gasteiger partial charge in [-0.25, -0.2) is 15.0 Å². The van der Waals surface area contributed by atoms with Gasteiger partial charge in [-0.1, -0.05) is 78.9 Å². The number of para-hydroxylation sites is 1. The number of aromatic nitrogens is 2. The van der Waals surface area contributed by atoms with Gasteiger partial charge in [-0.15, -0.1) is 0 Å². The van der Waals surface area contributed by atoms with Crippen LogP contribution in [0.1, 0.15) is 23.6 Å². The van der Waals surface area contributed by atoms with Crippen molar-refractivity contribution in [2.75, 3.05) is 12.1 Å². The molecule has 0 spiro atoms. The summed E-state index contributed by atoms with van der Waals surface area (Å²) < 4.78 is 5.34. The van der Waals surface area contributed by atoms with Crippen molar-refractivity contribution in [3.63, 3.8) is 0 Å². The zero-order chi connectivity index (χ0) is 23.6. The predicted octanol–water partition coefficient (Wildman–Crippen LogP) is 6.66. The van der Waals surface area contributed by atoms with E-state index < -0.39 is 0 Å². The molecule has 6 rings (SSSR count). The maximum atomic E-state index is 5.34. The second kappa shape index (κ2) is 9.03. The lowest BCUT2D eigenvalue weighted by Gasteiger charge is -2.23. The van der Waals surface area contributed by atoms with Crippen molar-refractivity contribution in [1.29, 1.82) is 0 Å². The smallest absolute Gasteiger partial charge is 0.247 e. The summed E-state index contributed by atoms with van der Waals surface area (Å²) in [5, 5.41) is 8.07. The summed E-state index contributed by atoms with van der Waals surface area (Å²) >= 11 is 0. The lowest BCUT2D eigenvalue weighted by molar-refractivity contribution is 0.415. The summed E-state index contributed by atoms with van der Waals surface area (Å²) in [6, 6.07) is 36.9. The van der Waals surface area contributed by atoms with E-state index in [9.17, 15) is 0 Å². The molecule has 1 atom stereocenters. The first-order valence-electron chi connectivity index (χ1n) is 11.7. The third-order valence-corrected chi connectivity index (χ3v) is 6.36. The SMILES string of the molecule is COc1ccc(C2=NN(c3nc(-c4ccccc4)c4ccccc4n3)C(c3ccccc3)C2)cc1. The summed E-state index contributed by atoms with van der Waals surface area (Å²) in [5.74, 6) is 1.43. The summed E-state index contributed by atoms with van der Waals surface area (Å²) in [6.07, 6.45) is 0.757. The second-order valence-electron chi connectivity index (χ2n) is 8.51. The fraction of sp³-hybridized carbons (Fsp3) is 0.100. The zero-order valence-electron chi connectivity index (χ0n) is 19.4. The van der Waals surface area contributed by atoms with Crippen molar-refractivity contribution in [1.82, 2.24) is 9.97 Å². The number of hydrogen-bond donors (Lipinski definition) is 0. The van der Waals surface area contributed by atoms with E-state index in [1.54, 1.807) is 7.11 Å². The highest BCUT2D eigenvalue weighted by Gasteiger charge is 2.32. The molecule has 0 saturated carbocycles. The Kier molecular flexibility index (Phi) is 5.43. The van der Waals surface area contributed by atoms with Gasteiger partial charge in [0.15, 0.2) is 0 Å². The minimum atomic E-state index is -0.00177. The maximum Gasteiger partial charge on any atom is 0.247 e. The fourth-order valence-electron chi connectivity index (χ4n) is 4.57. The van der Waals surface area contributed by atoms with Crippen molar-refractivity contribution in [3.05, 3.63) is 120 Å². The molecule has 0 aliphatic carbocycles. The fourth-order valence-corrected chi connectivity index (χ4v) is 4.57. The number of fused-ring (bicyclic) bond motifs is 1. The average molecular weight is 457 g/mol. The predicted molar refractivity (Wildman–Crippen MR) is 141 cm³/mol. The van der Waals surface area contributed by atoms with Crippen molar-refractivity contribution in [3.8, 4) is 17.0 Å². The van der Waals surface area contributed by atoms with Gasteiger partial charge in [-0.2, -0.15) is 5.10 Å². The summed E-state index contributed by atoms with van der Waals surface area (Å²) in [7, 11) is 1.68. The largest absolute Gasteiger partial charge is 0.497 e. The van der Waals surface area contributed by atoms with Crippen LogP contribution in [0.5, 0.6) is 5.75 Å². The molecule has 1 aliphatic rings. The summed E-state index contributed by atoms with van der Waals surface area (Å²) in [6.45, 7) is 0. The normalized spacial score (nSPS) is 15.3. The molecular formula is C30H24N4O. The molecule has 0 fully saturated rings. The average Bonchev–Trinajstić information content (AvgIpc) is 3.39. The molecule has 0 saturated heterocycles. The van der Waals surface area contributed by atoms with Gasteiger partial charge in [0.05, 0.1) is 30.1 Å². The molecule has 1 unspecified atom stereocenters. The molecule has 5 heteroatoms. The monoisotopic (exact) mass is 456 g/mol. The van der Waals surface area contributed by atoms with Crippen LogP contribution in [0, 0.1) is 0 Å². The highest BCUT2D eigenvalue weighted by Crippen LogP contribution is 2.37. The van der Waals surface area contributed by atoms with Gasteiger partial charge in [0.25, 0.3) is 0 Å². The van der Waals surface area contributed by atoms with E-state index in [-0.39, 0.29) is 6.04 Å². The van der Waals surface area contributed by atoms with Crippen LogP contribution in [0.4, 0.5) is 5.95 Å². The lowest BCUT2D eigenvalue weighted by Crippen LogP contribution is -2.21. The van der Waals surface area contributed by atoms with Crippen LogP contribution in [0.15, 0.2) is 114 Å². The van der Waals surface area contributed by atoms with E-state index in [1.807, 2.05) is 59.6 Å². The van der Waals surface area contributed by atoms with E-state index in [0.29, 0.717) is 5.95 Å². The molecule has 1 aromatic heterocycles. The molecule has 35 heavy (non-hydrogen) atoms. The molecule has 0 amide bonds. The van der Waals surface area contributed by atoms with Gasteiger partial charge in [-0.05, 0) is 41.5 Å². The number of hydrogen-bond acceptors (Lipinski definition) is 5. The van der Waals surface area contributed by atoms with Crippen LogP contribution in [0.3, 0.4) is 0 Å². The molecule has 2 heterocycles. The lowest BCUT2D eigenvalue weighted by atomic mass is 9.98. The topological polar surface area (TPSA) is 50.6 Å². The Labute approximate surface area is 204 Å². The van der Waals surface area contributed by atoms with E-state index in [4.69, 9.17) is 19.8 Å². The molecule has 0 N–H and O–H groups in total. The van der Waals surface area contributed by atoms with Crippen molar-refractivity contribution >= 4 is 22.6 Å². The van der Waals surface area contributed by atoms with Crippen LogP contribution >= 0.6 is 0 Å². The number of benzene rings is 4. The molecular weight excluding hydrogens is 432 g/mol. The van der Waals surface area contributed by atoms with Crippen LogP contribution in [0.2, 0.25) is 0 Å². The molecule has 170 valence electrons. The standard InChI is InChI=1S/C30H24N4O/c1-35-24-18-16-21(17-19-24)27-20-28(22-10-4-2-5-11-22)34(33-27)30-31-26-15-9-8-14-25(26)29(32-30)23-12-6-3-7-13-23/h2-19,28H,20H2,1H3. The second-order valence-corrected chi connectivity index (χ2v) is 8.51. The molecule has 0 bridgehead atoms. The molecule has 5 aromatic rings. The third kappa shape index (κ3) is 4.02. The first kappa shape index (κ1) is 21.1. The van der Waals surface area contributed by atoms with Crippen LogP contribution in [0.25, 0.3) is 22.2 Å². The maximum absolute atomic E-state index is 5.34. The zero-order valence-corrected chi connectivity index (χ0v) is 19.4. The van der Waals surface area contributed by atoms with Gasteiger partial charge < -0.3 is 4.74 Å². The van der Waals surface area contributed by atoms with Crippen molar-refractivity contribution < 1.29 is 4.74 Å². The van der Waals surface area contributed by atoms with Crippen LogP contribution < -0.4 is 9.75 Å². The first-order valence-corrected chi connectivity index (χ1v) is 11.7. The molecule has 0 radical (unpaired) electrons. The molecule has 1 aliphatic heterocycles. The number of hydrazone groups is 1. The van der Waals surface area contributed by atoms with E-state index >= 15 is 0 Å². The Morgan fingerprint density at radius 3 is 2.14 bits per heavy atom. The van der Waals surface area contributed by atoms with Crippen LogP contribution in [-0.2, 0) is 0 Å². The number of nitrogens with zero attached hydrogens (tertiary/aromatic N) is 4. The van der Waals surface area contributed by atoms with Crippen LogP contribution in [-0.4, -0.2) is 22.8 Å². The van der Waals surface area contributed by atoms with Gasteiger partial charge in [0.1, 0.15) is 5.75 Å². The van der Waals surface area contributed by atoms with Gasteiger partial charge in [-0.3, -0.25) is 0 Å². The Morgan fingerprint density at radius 1 is 0.714 bits per heavy atom. The molecule has 5 nitrogen and oxygen atoms in total. The van der Waals surface area contributed by atoms with E-state index in [2.05, 4.69) is 54.6 Å². The minimum Gasteiger partial charge on any atom is -0.497 e. The number of anilines is 1. The minimum absolute atomic E-state index is 0.00177. The van der Waals surface area contributed by atoms with Crippen molar-refractivity contribution in [2.24, 2.45) is 5.10 Å². The highest BCUT2D eigenvalue weighted by atomic mass is 16.5. The first-order chi connectivity index (χ1) is 17.3. The number of methoxy groups -OCH3 is 1. The van der Waals surface area contributed by atoms with Gasteiger partial charge >= 0.3 is 0 Å². The highest BCUT2D eigenvalue weighted by molar-refractivity contribution is 6.03. The Bertz CT molecular complexity index is 1500. The Hall–Kier alpha value is -4.51. The number of rotatable bonds is 5. The van der Waals surface area contributed by atoms with E-state index in [0.717, 1.165) is 45.6 Å². The van der Waals surface area contributed by atoms with E-state index in [1.165, 1.54) is 5.56 Å². The number of ether oxygens (including phenoxy) is 1. The quantitative estimate of drug-likeness (QED) is 0.297.